The molecule has 0 bridgehead atoms. The Morgan fingerprint density at radius 2 is 2.06 bits per heavy atom. The molecule has 1 aliphatic rings. The third-order valence-corrected chi connectivity index (χ3v) is 2.60. The second kappa shape index (κ2) is 4.10. The van der Waals surface area contributed by atoms with Crippen LogP contribution in [0.25, 0.3) is 10.9 Å². The maximum absolute atomic E-state index is 8.74. The number of aliphatic hydroxyl groups excluding tert-OH is 1. The quantitative estimate of drug-likeness (QED) is 0.836. The third kappa shape index (κ3) is 1.85. The van der Waals surface area contributed by atoms with Crippen molar-refractivity contribution in [1.82, 2.24) is 4.98 Å². The van der Waals surface area contributed by atoms with Crippen LogP contribution in [0.15, 0.2) is 24.3 Å². The molecule has 5 nitrogen and oxygen atoms in total. The zero-order chi connectivity index (χ0) is 11.7. The summed E-state index contributed by atoms with van der Waals surface area (Å²) in [5.41, 5.74) is 0.845. The first-order chi connectivity index (χ1) is 8.36. The summed E-state index contributed by atoms with van der Waals surface area (Å²) >= 11 is 0. The van der Waals surface area contributed by atoms with E-state index in [1.165, 1.54) is 0 Å². The molecule has 2 aromatic rings. The molecule has 1 aromatic heterocycles. The largest absolute Gasteiger partial charge is 0.454 e. The van der Waals surface area contributed by atoms with Gasteiger partial charge < -0.3 is 19.9 Å². The number of aromatic nitrogens is 1. The van der Waals surface area contributed by atoms with Gasteiger partial charge in [-0.05, 0) is 18.2 Å². The predicted molar refractivity (Wildman–Crippen MR) is 63.4 cm³/mol. The first-order valence-corrected chi connectivity index (χ1v) is 5.42. The van der Waals surface area contributed by atoms with E-state index in [1.807, 2.05) is 24.3 Å². The molecule has 0 saturated heterocycles. The van der Waals surface area contributed by atoms with Gasteiger partial charge in [0.1, 0.15) is 5.82 Å². The monoisotopic (exact) mass is 232 g/mol. The number of nitrogens with zero attached hydrogens (tertiary/aromatic N) is 1. The average molecular weight is 232 g/mol. The smallest absolute Gasteiger partial charge is 0.231 e. The van der Waals surface area contributed by atoms with Crippen molar-refractivity contribution in [2.24, 2.45) is 0 Å². The van der Waals surface area contributed by atoms with Crippen molar-refractivity contribution in [3.63, 3.8) is 0 Å². The van der Waals surface area contributed by atoms with E-state index in [0.717, 1.165) is 28.2 Å². The van der Waals surface area contributed by atoms with E-state index in [9.17, 15) is 0 Å². The molecule has 0 saturated carbocycles. The molecule has 2 heterocycles. The number of ether oxygens (including phenoxy) is 2. The minimum atomic E-state index is 0.0842. The van der Waals surface area contributed by atoms with Gasteiger partial charge in [-0.25, -0.2) is 4.98 Å². The van der Waals surface area contributed by atoms with E-state index in [1.54, 1.807) is 0 Å². The summed E-state index contributed by atoms with van der Waals surface area (Å²) in [6.45, 7) is 0.838. The number of pyridine rings is 1. The molecule has 0 spiro atoms. The van der Waals surface area contributed by atoms with E-state index in [-0.39, 0.29) is 13.4 Å². The van der Waals surface area contributed by atoms with Gasteiger partial charge in [0, 0.05) is 18.0 Å². The summed E-state index contributed by atoms with van der Waals surface area (Å²) in [5, 5.41) is 12.8. The molecule has 0 amide bonds. The fourth-order valence-corrected chi connectivity index (χ4v) is 1.80. The van der Waals surface area contributed by atoms with Crippen LogP contribution in [0.4, 0.5) is 5.82 Å². The first kappa shape index (κ1) is 10.2. The Morgan fingerprint density at radius 3 is 2.88 bits per heavy atom. The van der Waals surface area contributed by atoms with Crippen molar-refractivity contribution < 1.29 is 14.6 Å². The Balaban J connectivity index is 2.01. The number of rotatable bonds is 3. The van der Waals surface area contributed by atoms with Gasteiger partial charge in [-0.15, -0.1) is 0 Å². The van der Waals surface area contributed by atoms with Gasteiger partial charge in [-0.1, -0.05) is 0 Å². The Bertz CT molecular complexity index is 557. The summed E-state index contributed by atoms with van der Waals surface area (Å²) in [4.78, 5) is 4.43. The highest BCUT2D eigenvalue weighted by Crippen LogP contribution is 2.35. The van der Waals surface area contributed by atoms with Crippen LogP contribution in [0.5, 0.6) is 11.5 Å². The van der Waals surface area contributed by atoms with Gasteiger partial charge >= 0.3 is 0 Å². The standard InChI is InChI=1S/C12H12N2O3/c15-4-3-13-12-2-1-8-5-10-11(17-7-16-10)6-9(8)14-12/h1-2,5-6,15H,3-4,7H2,(H,13,14). The molecule has 3 rings (SSSR count). The van der Waals surface area contributed by atoms with Crippen molar-refractivity contribution in [2.75, 3.05) is 25.3 Å². The van der Waals surface area contributed by atoms with Gasteiger partial charge in [0.25, 0.3) is 0 Å². The van der Waals surface area contributed by atoms with Crippen LogP contribution < -0.4 is 14.8 Å². The summed E-state index contributed by atoms with van der Waals surface area (Å²) in [6, 6.07) is 7.62. The van der Waals surface area contributed by atoms with E-state index in [0.29, 0.717) is 6.54 Å². The van der Waals surface area contributed by atoms with Gasteiger partial charge in [-0.3, -0.25) is 0 Å². The lowest BCUT2D eigenvalue weighted by molar-refractivity contribution is 0.174. The second-order valence-electron chi connectivity index (χ2n) is 3.75. The maximum atomic E-state index is 8.74. The van der Waals surface area contributed by atoms with Crippen molar-refractivity contribution in [3.8, 4) is 11.5 Å². The Hall–Kier alpha value is -2.01. The van der Waals surface area contributed by atoms with Gasteiger partial charge in [0.2, 0.25) is 6.79 Å². The highest BCUT2D eigenvalue weighted by molar-refractivity contribution is 5.84. The predicted octanol–water partition coefficient (Wildman–Crippen LogP) is 1.37. The normalized spacial score (nSPS) is 13.0. The lowest BCUT2D eigenvalue weighted by Crippen LogP contribution is -2.06. The third-order valence-electron chi connectivity index (χ3n) is 2.60. The molecular formula is C12H12N2O3. The number of nitrogens with one attached hydrogen (secondary N) is 1. The molecule has 0 unspecified atom stereocenters. The van der Waals surface area contributed by atoms with Crippen molar-refractivity contribution >= 4 is 16.7 Å². The van der Waals surface area contributed by atoms with Gasteiger partial charge in [0.05, 0.1) is 12.1 Å². The minimum Gasteiger partial charge on any atom is -0.454 e. The molecule has 17 heavy (non-hydrogen) atoms. The summed E-state index contributed by atoms with van der Waals surface area (Å²) in [5.74, 6) is 2.23. The lowest BCUT2D eigenvalue weighted by Gasteiger charge is -2.05. The molecule has 1 aromatic carbocycles. The second-order valence-corrected chi connectivity index (χ2v) is 3.75. The molecular weight excluding hydrogens is 220 g/mol. The van der Waals surface area contributed by atoms with E-state index in [2.05, 4.69) is 10.3 Å². The molecule has 0 fully saturated rings. The fourth-order valence-electron chi connectivity index (χ4n) is 1.80. The van der Waals surface area contributed by atoms with Crippen molar-refractivity contribution in [2.45, 2.75) is 0 Å². The first-order valence-electron chi connectivity index (χ1n) is 5.42. The zero-order valence-electron chi connectivity index (χ0n) is 9.14. The van der Waals surface area contributed by atoms with Crippen LogP contribution in [-0.4, -0.2) is 30.0 Å². The van der Waals surface area contributed by atoms with E-state index >= 15 is 0 Å². The number of hydrogen-bond acceptors (Lipinski definition) is 5. The van der Waals surface area contributed by atoms with Gasteiger partial charge in [0.15, 0.2) is 11.5 Å². The lowest BCUT2D eigenvalue weighted by atomic mass is 10.2. The average Bonchev–Trinajstić information content (AvgIpc) is 2.80. The number of benzene rings is 1. The topological polar surface area (TPSA) is 63.6 Å². The molecule has 5 heteroatoms. The maximum Gasteiger partial charge on any atom is 0.231 e. The zero-order valence-corrected chi connectivity index (χ0v) is 9.14. The van der Waals surface area contributed by atoms with Crippen LogP contribution in [0.1, 0.15) is 0 Å². The highest BCUT2D eigenvalue weighted by atomic mass is 16.7. The van der Waals surface area contributed by atoms with Crippen LogP contribution in [0.2, 0.25) is 0 Å². The van der Waals surface area contributed by atoms with E-state index in [4.69, 9.17) is 14.6 Å². The number of hydrogen-bond donors (Lipinski definition) is 2. The highest BCUT2D eigenvalue weighted by Gasteiger charge is 2.14. The van der Waals surface area contributed by atoms with Crippen molar-refractivity contribution in [3.05, 3.63) is 24.3 Å². The number of anilines is 1. The summed E-state index contributed by atoms with van der Waals surface area (Å²) < 4.78 is 10.6. The molecule has 2 N–H and O–H groups in total. The SMILES string of the molecule is OCCNc1ccc2cc3c(cc2n1)OCO3. The molecule has 0 atom stereocenters. The van der Waals surface area contributed by atoms with Crippen LogP contribution >= 0.6 is 0 Å². The van der Waals surface area contributed by atoms with E-state index < -0.39 is 0 Å². The Kier molecular flexibility index (Phi) is 2.45. The van der Waals surface area contributed by atoms with Gasteiger partial charge in [-0.2, -0.15) is 0 Å². The fraction of sp³-hybridized carbons (Fsp3) is 0.250. The molecule has 0 radical (unpaired) electrons. The Labute approximate surface area is 98.0 Å². The summed E-state index contributed by atoms with van der Waals surface area (Å²) in [7, 11) is 0. The molecule has 0 aliphatic carbocycles. The minimum absolute atomic E-state index is 0.0842. The van der Waals surface area contributed by atoms with Crippen molar-refractivity contribution in [1.29, 1.82) is 0 Å². The molecule has 1 aliphatic heterocycles. The molecule has 88 valence electrons. The number of fused-ring (bicyclic) bond motifs is 2. The summed E-state index contributed by atoms with van der Waals surface area (Å²) in [6.07, 6.45) is 0. The van der Waals surface area contributed by atoms with Crippen LogP contribution in [0, 0.1) is 0 Å². The van der Waals surface area contributed by atoms with Crippen LogP contribution in [-0.2, 0) is 0 Å². The number of aliphatic hydroxyl groups is 1. The Morgan fingerprint density at radius 1 is 1.24 bits per heavy atom. The van der Waals surface area contributed by atoms with Crippen LogP contribution in [0.3, 0.4) is 0 Å².